The Labute approximate surface area is 136 Å². The van der Waals surface area contributed by atoms with Gasteiger partial charge < -0.3 is 14.1 Å². The first-order valence-electron chi connectivity index (χ1n) is 8.06. The maximum Gasteiger partial charge on any atom is 0.228 e. The lowest BCUT2D eigenvalue weighted by molar-refractivity contribution is -0.131. The molecule has 122 valence electrons. The summed E-state index contributed by atoms with van der Waals surface area (Å²) in [7, 11) is 1.63. The lowest BCUT2D eigenvalue weighted by Crippen LogP contribution is -2.36. The summed E-state index contributed by atoms with van der Waals surface area (Å²) < 4.78 is 10.9. The maximum atomic E-state index is 12.4. The molecule has 2 aromatic rings. The Bertz CT molecular complexity index is 670. The van der Waals surface area contributed by atoms with Crippen LogP contribution in [0.25, 0.3) is 11.5 Å². The molecule has 0 bridgehead atoms. The van der Waals surface area contributed by atoms with Crippen LogP contribution in [0.15, 0.2) is 28.7 Å². The van der Waals surface area contributed by atoms with Gasteiger partial charge in [0.2, 0.25) is 11.8 Å². The minimum absolute atomic E-state index is 0.141. The van der Waals surface area contributed by atoms with Crippen LogP contribution in [0.2, 0.25) is 0 Å². The van der Waals surface area contributed by atoms with Gasteiger partial charge in [0, 0.05) is 18.7 Å². The molecule has 1 fully saturated rings. The summed E-state index contributed by atoms with van der Waals surface area (Å²) in [5.41, 5.74) is 1.61. The van der Waals surface area contributed by atoms with E-state index in [0.29, 0.717) is 18.1 Å². The van der Waals surface area contributed by atoms with E-state index in [4.69, 9.17) is 9.15 Å². The Morgan fingerprint density at radius 2 is 1.91 bits per heavy atom. The molecule has 0 saturated carbocycles. The average molecular weight is 314 g/mol. The van der Waals surface area contributed by atoms with Gasteiger partial charge in [0.1, 0.15) is 11.5 Å². The van der Waals surface area contributed by atoms with Crippen LogP contribution < -0.4 is 4.74 Å². The maximum absolute atomic E-state index is 12.4. The van der Waals surface area contributed by atoms with E-state index in [1.54, 1.807) is 7.11 Å². The molecule has 1 amide bonds. The van der Waals surface area contributed by atoms with Crippen molar-refractivity contribution in [3.63, 3.8) is 0 Å². The lowest BCUT2D eigenvalue weighted by atomic mass is 10.1. The van der Waals surface area contributed by atoms with E-state index in [0.717, 1.165) is 42.9 Å². The molecule has 1 aromatic heterocycles. The average Bonchev–Trinajstić information content (AvgIpc) is 2.96. The number of amides is 1. The van der Waals surface area contributed by atoms with Crippen LogP contribution in [-0.4, -0.2) is 36.0 Å². The van der Waals surface area contributed by atoms with Gasteiger partial charge in [-0.05, 0) is 50.5 Å². The first-order chi connectivity index (χ1) is 11.2. The van der Waals surface area contributed by atoms with Crippen LogP contribution in [0.4, 0.5) is 0 Å². The number of ether oxygens (including phenoxy) is 1. The zero-order chi connectivity index (χ0) is 16.2. The number of carbonyl (C=O) groups is 1. The third kappa shape index (κ3) is 3.55. The van der Waals surface area contributed by atoms with E-state index in [9.17, 15) is 4.79 Å². The number of likely N-dealkylation sites (tertiary alicyclic amines) is 1. The second-order valence-electron chi connectivity index (χ2n) is 5.87. The van der Waals surface area contributed by atoms with E-state index < -0.39 is 0 Å². The van der Waals surface area contributed by atoms with Crippen molar-refractivity contribution in [3.8, 4) is 17.2 Å². The number of hydrogen-bond donors (Lipinski definition) is 0. The number of rotatable bonds is 4. The lowest BCUT2D eigenvalue weighted by Gasteiger charge is -2.26. The van der Waals surface area contributed by atoms with Crippen LogP contribution >= 0.6 is 0 Å². The fraction of sp³-hybridized carbons (Fsp3) is 0.444. The van der Waals surface area contributed by atoms with Crippen molar-refractivity contribution >= 4 is 5.91 Å². The second-order valence-corrected chi connectivity index (χ2v) is 5.87. The van der Waals surface area contributed by atoms with Gasteiger partial charge in [0.25, 0.3) is 0 Å². The number of carbonyl (C=O) groups excluding carboxylic acids is 1. The molecule has 1 aromatic carbocycles. The monoisotopic (exact) mass is 314 g/mol. The number of aromatic nitrogens is 1. The normalized spacial score (nSPS) is 14.8. The van der Waals surface area contributed by atoms with E-state index in [-0.39, 0.29) is 5.91 Å². The number of methoxy groups -OCH3 is 1. The number of aryl methyl sites for hydroxylation is 1. The van der Waals surface area contributed by atoms with Crippen LogP contribution in [0.5, 0.6) is 5.75 Å². The minimum Gasteiger partial charge on any atom is -0.497 e. The van der Waals surface area contributed by atoms with Crippen molar-refractivity contribution in [2.24, 2.45) is 0 Å². The van der Waals surface area contributed by atoms with Gasteiger partial charge in [-0.2, -0.15) is 0 Å². The summed E-state index contributed by atoms with van der Waals surface area (Å²) in [6.45, 7) is 3.58. The molecule has 2 heterocycles. The highest BCUT2D eigenvalue weighted by Crippen LogP contribution is 2.24. The highest BCUT2D eigenvalue weighted by molar-refractivity contribution is 5.78. The molecule has 1 aliphatic rings. The van der Waals surface area contributed by atoms with Gasteiger partial charge in [0.05, 0.1) is 19.2 Å². The van der Waals surface area contributed by atoms with Crippen molar-refractivity contribution in [1.29, 1.82) is 0 Å². The van der Waals surface area contributed by atoms with Crippen LogP contribution in [0.3, 0.4) is 0 Å². The van der Waals surface area contributed by atoms with Crippen molar-refractivity contribution in [2.75, 3.05) is 20.2 Å². The van der Waals surface area contributed by atoms with Gasteiger partial charge in [-0.15, -0.1) is 0 Å². The van der Waals surface area contributed by atoms with Crippen LogP contribution in [0, 0.1) is 6.92 Å². The highest BCUT2D eigenvalue weighted by Gasteiger charge is 2.20. The zero-order valence-corrected chi connectivity index (χ0v) is 13.7. The van der Waals surface area contributed by atoms with Gasteiger partial charge >= 0.3 is 0 Å². The van der Waals surface area contributed by atoms with Gasteiger partial charge in [0.15, 0.2) is 0 Å². The molecule has 23 heavy (non-hydrogen) atoms. The topological polar surface area (TPSA) is 55.6 Å². The van der Waals surface area contributed by atoms with E-state index in [1.807, 2.05) is 36.1 Å². The minimum atomic E-state index is 0.141. The molecular weight excluding hydrogens is 292 g/mol. The van der Waals surface area contributed by atoms with Gasteiger partial charge in [-0.3, -0.25) is 4.79 Å². The van der Waals surface area contributed by atoms with E-state index in [2.05, 4.69) is 4.98 Å². The van der Waals surface area contributed by atoms with E-state index in [1.165, 1.54) is 6.42 Å². The largest absolute Gasteiger partial charge is 0.497 e. The molecule has 5 heteroatoms. The summed E-state index contributed by atoms with van der Waals surface area (Å²) in [4.78, 5) is 18.8. The smallest absolute Gasteiger partial charge is 0.228 e. The number of hydrogen-bond acceptors (Lipinski definition) is 4. The molecule has 0 N–H and O–H groups in total. The number of oxazole rings is 1. The summed E-state index contributed by atoms with van der Waals surface area (Å²) in [6.07, 6.45) is 3.72. The van der Waals surface area contributed by atoms with E-state index >= 15 is 0 Å². The molecule has 0 spiro atoms. The SMILES string of the molecule is COc1ccc(-c2nc(CC(=O)N3CCCCC3)c(C)o2)cc1. The molecule has 0 unspecified atom stereocenters. The molecule has 0 aliphatic carbocycles. The summed E-state index contributed by atoms with van der Waals surface area (Å²) >= 11 is 0. The fourth-order valence-corrected chi connectivity index (χ4v) is 2.85. The molecular formula is C18H22N2O3. The first-order valence-corrected chi connectivity index (χ1v) is 8.06. The molecule has 0 radical (unpaired) electrons. The first kappa shape index (κ1) is 15.6. The number of nitrogens with zero attached hydrogens (tertiary/aromatic N) is 2. The molecule has 0 atom stereocenters. The Morgan fingerprint density at radius 1 is 1.22 bits per heavy atom. The Hall–Kier alpha value is -2.30. The molecule has 3 rings (SSSR count). The molecule has 1 saturated heterocycles. The third-order valence-electron chi connectivity index (χ3n) is 4.26. The fourth-order valence-electron chi connectivity index (χ4n) is 2.85. The van der Waals surface area contributed by atoms with Gasteiger partial charge in [-0.1, -0.05) is 0 Å². The predicted octanol–water partition coefficient (Wildman–Crippen LogP) is 3.21. The van der Waals surface area contributed by atoms with Crippen molar-refractivity contribution in [1.82, 2.24) is 9.88 Å². The van der Waals surface area contributed by atoms with Crippen LogP contribution in [0.1, 0.15) is 30.7 Å². The quantitative estimate of drug-likeness (QED) is 0.869. The number of benzene rings is 1. The Kier molecular flexibility index (Phi) is 4.65. The third-order valence-corrected chi connectivity index (χ3v) is 4.26. The Balaban J connectivity index is 1.73. The standard InChI is InChI=1S/C18H22N2O3/c1-13-16(12-17(21)20-10-4-3-5-11-20)19-18(23-13)14-6-8-15(22-2)9-7-14/h6-9H,3-5,10-12H2,1-2H3. The second kappa shape index (κ2) is 6.86. The van der Waals surface area contributed by atoms with Gasteiger partial charge in [-0.25, -0.2) is 4.98 Å². The summed E-state index contributed by atoms with van der Waals surface area (Å²) in [5.74, 6) is 2.19. The number of piperidine rings is 1. The zero-order valence-electron chi connectivity index (χ0n) is 13.7. The van der Waals surface area contributed by atoms with Crippen molar-refractivity contribution < 1.29 is 13.9 Å². The van der Waals surface area contributed by atoms with Crippen molar-refractivity contribution in [3.05, 3.63) is 35.7 Å². The molecule has 5 nitrogen and oxygen atoms in total. The summed E-state index contributed by atoms with van der Waals surface area (Å²) in [6, 6.07) is 7.54. The summed E-state index contributed by atoms with van der Waals surface area (Å²) in [5, 5.41) is 0. The Morgan fingerprint density at radius 3 is 2.57 bits per heavy atom. The predicted molar refractivity (Wildman–Crippen MR) is 87.4 cm³/mol. The highest BCUT2D eigenvalue weighted by atomic mass is 16.5. The van der Waals surface area contributed by atoms with Crippen LogP contribution in [-0.2, 0) is 11.2 Å². The van der Waals surface area contributed by atoms with Crippen molar-refractivity contribution in [2.45, 2.75) is 32.6 Å². The molecule has 1 aliphatic heterocycles.